The number of hydrogen-bond acceptors (Lipinski definition) is 6. The summed E-state index contributed by atoms with van der Waals surface area (Å²) in [5.41, 5.74) is 1.15. The van der Waals surface area contributed by atoms with Gasteiger partial charge in [-0.15, -0.1) is 0 Å². The fourth-order valence-corrected chi connectivity index (χ4v) is 2.61. The van der Waals surface area contributed by atoms with E-state index in [0.717, 1.165) is 12.0 Å². The van der Waals surface area contributed by atoms with Gasteiger partial charge in [0.2, 0.25) is 0 Å². The highest BCUT2D eigenvalue weighted by Crippen LogP contribution is 2.24. The summed E-state index contributed by atoms with van der Waals surface area (Å²) in [6.45, 7) is 3.15. The molecule has 1 fully saturated rings. The topological polar surface area (TPSA) is 73.8 Å². The molecule has 0 unspecified atom stereocenters. The molecule has 1 aliphatic heterocycles. The number of amides is 1. The van der Waals surface area contributed by atoms with Crippen LogP contribution in [-0.4, -0.2) is 53.7 Å². The predicted molar refractivity (Wildman–Crippen MR) is 90.9 cm³/mol. The highest BCUT2D eigenvalue weighted by molar-refractivity contribution is 5.78. The van der Waals surface area contributed by atoms with Gasteiger partial charge < -0.3 is 19.1 Å². The molecule has 0 bridgehead atoms. The molecule has 2 aromatic rings. The normalized spacial score (nSPS) is 16.6. The summed E-state index contributed by atoms with van der Waals surface area (Å²) in [4.78, 5) is 22.2. The molecular weight excluding hydrogens is 322 g/mol. The number of rotatable bonds is 6. The zero-order chi connectivity index (χ0) is 17.6. The van der Waals surface area contributed by atoms with Crippen LogP contribution in [0.3, 0.4) is 0 Å². The smallest absolute Gasteiger partial charge is 0.278 e. The fourth-order valence-electron chi connectivity index (χ4n) is 2.61. The molecule has 25 heavy (non-hydrogen) atoms. The van der Waals surface area contributed by atoms with Gasteiger partial charge >= 0.3 is 0 Å². The first kappa shape index (κ1) is 17.0. The molecule has 2 heterocycles. The van der Waals surface area contributed by atoms with Gasteiger partial charge in [0.05, 0.1) is 13.7 Å². The molecular formula is C18H21N3O4. The van der Waals surface area contributed by atoms with Crippen LogP contribution in [0.5, 0.6) is 17.5 Å². The van der Waals surface area contributed by atoms with E-state index < -0.39 is 0 Å². The minimum Gasteiger partial charge on any atom is -0.484 e. The van der Waals surface area contributed by atoms with Gasteiger partial charge in [-0.2, -0.15) is 0 Å². The molecule has 1 aromatic carbocycles. The van der Waals surface area contributed by atoms with Crippen molar-refractivity contribution in [3.63, 3.8) is 0 Å². The average molecular weight is 343 g/mol. The maximum Gasteiger partial charge on any atom is 0.278 e. The Bertz CT molecular complexity index is 721. The number of hydrogen-bond donors (Lipinski definition) is 0. The van der Waals surface area contributed by atoms with Gasteiger partial charge in [-0.05, 0) is 19.1 Å². The van der Waals surface area contributed by atoms with E-state index in [1.165, 1.54) is 7.11 Å². The predicted octanol–water partition coefficient (Wildman–Crippen LogP) is 1.85. The lowest BCUT2D eigenvalue weighted by molar-refractivity contribution is -0.132. The molecule has 0 N–H and O–H groups in total. The van der Waals surface area contributed by atoms with E-state index in [1.54, 1.807) is 17.3 Å². The summed E-state index contributed by atoms with van der Waals surface area (Å²) in [5.74, 6) is 1.32. The van der Waals surface area contributed by atoms with Crippen molar-refractivity contribution in [1.29, 1.82) is 0 Å². The van der Waals surface area contributed by atoms with Gasteiger partial charge in [0.15, 0.2) is 6.61 Å². The molecule has 1 atom stereocenters. The first-order valence-corrected chi connectivity index (χ1v) is 8.14. The molecule has 132 valence electrons. The van der Waals surface area contributed by atoms with Crippen LogP contribution in [0.4, 0.5) is 0 Å². The Kier molecular flexibility index (Phi) is 5.33. The fraction of sp³-hybridized carbons (Fsp3) is 0.389. The number of carbonyl (C=O) groups excluding carboxylic acids is 1. The molecule has 1 aliphatic rings. The Balaban J connectivity index is 1.50. The largest absolute Gasteiger partial charge is 0.484 e. The number of likely N-dealkylation sites (tertiary alicyclic amines) is 1. The zero-order valence-electron chi connectivity index (χ0n) is 14.3. The molecule has 1 aromatic heterocycles. The highest BCUT2D eigenvalue weighted by Gasteiger charge is 2.29. The summed E-state index contributed by atoms with van der Waals surface area (Å²) in [6.07, 6.45) is 3.69. The second kappa shape index (κ2) is 7.83. The first-order valence-electron chi connectivity index (χ1n) is 8.14. The second-order valence-corrected chi connectivity index (χ2v) is 5.84. The van der Waals surface area contributed by atoms with Crippen molar-refractivity contribution in [3.05, 3.63) is 42.2 Å². The van der Waals surface area contributed by atoms with Crippen molar-refractivity contribution in [1.82, 2.24) is 14.9 Å². The van der Waals surface area contributed by atoms with Crippen molar-refractivity contribution in [2.24, 2.45) is 0 Å². The van der Waals surface area contributed by atoms with E-state index in [-0.39, 0.29) is 18.6 Å². The standard InChI is InChI=1S/C18H21N3O4/c1-13-3-5-14(6-4-13)24-12-16(22)21-10-7-15(11-21)25-18-17(23-2)19-8-9-20-18/h3-6,8-9,15H,7,10-12H2,1-2H3/t15-/m0/s1. The van der Waals surface area contributed by atoms with Gasteiger partial charge in [-0.3, -0.25) is 4.79 Å². The summed E-state index contributed by atoms with van der Waals surface area (Å²) < 4.78 is 16.5. The molecule has 1 amide bonds. The lowest BCUT2D eigenvalue weighted by Gasteiger charge is -2.17. The van der Waals surface area contributed by atoms with Crippen molar-refractivity contribution < 1.29 is 19.0 Å². The maximum atomic E-state index is 12.3. The van der Waals surface area contributed by atoms with Gasteiger partial charge in [0.1, 0.15) is 11.9 Å². The Labute approximate surface area is 146 Å². The lowest BCUT2D eigenvalue weighted by atomic mass is 10.2. The van der Waals surface area contributed by atoms with E-state index in [4.69, 9.17) is 14.2 Å². The minimum atomic E-state index is -0.131. The van der Waals surface area contributed by atoms with Crippen LogP contribution in [0.25, 0.3) is 0 Å². The van der Waals surface area contributed by atoms with Crippen LogP contribution in [0.15, 0.2) is 36.7 Å². The molecule has 1 saturated heterocycles. The Hall–Kier alpha value is -2.83. The quantitative estimate of drug-likeness (QED) is 0.797. The number of methoxy groups -OCH3 is 1. The van der Waals surface area contributed by atoms with Crippen molar-refractivity contribution >= 4 is 5.91 Å². The van der Waals surface area contributed by atoms with E-state index in [0.29, 0.717) is 30.6 Å². The van der Waals surface area contributed by atoms with E-state index in [1.807, 2.05) is 31.2 Å². The van der Waals surface area contributed by atoms with E-state index in [9.17, 15) is 4.79 Å². The molecule has 0 radical (unpaired) electrons. The van der Waals surface area contributed by atoms with E-state index in [2.05, 4.69) is 9.97 Å². The third-order valence-corrected chi connectivity index (χ3v) is 3.99. The Morgan fingerprint density at radius 2 is 1.92 bits per heavy atom. The third kappa shape index (κ3) is 4.37. The Morgan fingerprint density at radius 1 is 1.20 bits per heavy atom. The van der Waals surface area contributed by atoms with Gasteiger partial charge in [0.25, 0.3) is 17.7 Å². The highest BCUT2D eigenvalue weighted by atomic mass is 16.5. The van der Waals surface area contributed by atoms with Crippen LogP contribution in [-0.2, 0) is 4.79 Å². The number of aryl methyl sites for hydroxylation is 1. The monoisotopic (exact) mass is 343 g/mol. The van der Waals surface area contributed by atoms with Crippen molar-refractivity contribution in [2.75, 3.05) is 26.8 Å². The molecule has 7 nitrogen and oxygen atoms in total. The number of nitrogens with zero attached hydrogens (tertiary/aromatic N) is 3. The molecule has 3 rings (SSSR count). The number of carbonyl (C=O) groups is 1. The van der Waals surface area contributed by atoms with Crippen LogP contribution < -0.4 is 14.2 Å². The maximum absolute atomic E-state index is 12.3. The number of ether oxygens (including phenoxy) is 3. The van der Waals surface area contributed by atoms with Gasteiger partial charge in [0, 0.05) is 25.4 Å². The summed E-state index contributed by atoms with van der Waals surface area (Å²) in [7, 11) is 1.52. The second-order valence-electron chi connectivity index (χ2n) is 5.84. The van der Waals surface area contributed by atoms with Crippen molar-refractivity contribution in [3.8, 4) is 17.5 Å². The lowest BCUT2D eigenvalue weighted by Crippen LogP contribution is -2.34. The molecule has 0 spiro atoms. The van der Waals surface area contributed by atoms with Gasteiger partial charge in [-0.1, -0.05) is 17.7 Å². The van der Waals surface area contributed by atoms with Crippen LogP contribution >= 0.6 is 0 Å². The van der Waals surface area contributed by atoms with Crippen LogP contribution in [0.1, 0.15) is 12.0 Å². The van der Waals surface area contributed by atoms with E-state index >= 15 is 0 Å². The molecule has 0 saturated carbocycles. The Morgan fingerprint density at radius 3 is 2.64 bits per heavy atom. The summed E-state index contributed by atoms with van der Waals surface area (Å²) in [6, 6.07) is 7.62. The first-order chi connectivity index (χ1) is 12.2. The summed E-state index contributed by atoms with van der Waals surface area (Å²) in [5, 5.41) is 0. The number of aromatic nitrogens is 2. The zero-order valence-corrected chi connectivity index (χ0v) is 14.3. The molecule has 7 heteroatoms. The van der Waals surface area contributed by atoms with Crippen LogP contribution in [0, 0.1) is 6.92 Å². The summed E-state index contributed by atoms with van der Waals surface area (Å²) >= 11 is 0. The third-order valence-electron chi connectivity index (χ3n) is 3.99. The molecule has 0 aliphatic carbocycles. The van der Waals surface area contributed by atoms with Crippen LogP contribution in [0.2, 0.25) is 0 Å². The van der Waals surface area contributed by atoms with Crippen molar-refractivity contribution in [2.45, 2.75) is 19.4 Å². The SMILES string of the molecule is COc1nccnc1O[C@H]1CCN(C(=O)COc2ccc(C)cc2)C1. The minimum absolute atomic E-state index is 0.0181. The average Bonchev–Trinajstić information content (AvgIpc) is 3.10. The van der Waals surface area contributed by atoms with Gasteiger partial charge in [-0.25, -0.2) is 9.97 Å². The number of benzene rings is 1.